The molecule has 1 nitrogen and oxygen atoms in total. The van der Waals surface area contributed by atoms with Gasteiger partial charge in [0, 0.05) is 0 Å². The molecule has 12 heavy (non-hydrogen) atoms. The molecule has 0 amide bonds. The van der Waals surface area contributed by atoms with Crippen molar-refractivity contribution in [3.8, 4) is 0 Å². The predicted molar refractivity (Wildman–Crippen MR) is 49.5 cm³/mol. The molecule has 1 aliphatic carbocycles. The zero-order chi connectivity index (χ0) is 8.27. The van der Waals surface area contributed by atoms with E-state index < -0.39 is 0 Å². The van der Waals surface area contributed by atoms with Crippen molar-refractivity contribution in [3.05, 3.63) is 23.4 Å². The van der Waals surface area contributed by atoms with E-state index >= 15 is 0 Å². The maximum Gasteiger partial charge on any atom is 2.00 e. The van der Waals surface area contributed by atoms with Crippen LogP contribution in [0.25, 0.3) is 5.32 Å². The minimum absolute atomic E-state index is 0. The van der Waals surface area contributed by atoms with Gasteiger partial charge in [0.05, 0.1) is 0 Å². The second-order valence-corrected chi connectivity index (χ2v) is 3.81. The number of hydrogen-bond acceptors (Lipinski definition) is 0. The molecular weight excluding hydrogens is 372 g/mol. The first-order chi connectivity index (χ1) is 5.18. The van der Waals surface area contributed by atoms with Crippen LogP contribution >= 0.6 is 0 Å². The van der Waals surface area contributed by atoms with Crippen LogP contribution in [0.2, 0.25) is 0 Å². The summed E-state index contributed by atoms with van der Waals surface area (Å²) in [5, 5.41) is 4.32. The Morgan fingerprint density at radius 1 is 1.25 bits per heavy atom. The maximum atomic E-state index is 4.32. The molecule has 2 rings (SSSR count). The third kappa shape index (κ3) is 4.70. The molecule has 0 N–H and O–H groups in total. The van der Waals surface area contributed by atoms with E-state index in [0.29, 0.717) is 6.04 Å². The Kier molecular flexibility index (Phi) is 6.63. The topological polar surface area (TPSA) is 14.1 Å². The summed E-state index contributed by atoms with van der Waals surface area (Å²) in [5.41, 5.74) is 0. The summed E-state index contributed by atoms with van der Waals surface area (Å²) in [6.07, 6.45) is 5.81. The largest absolute Gasteiger partial charge is 2.00 e. The van der Waals surface area contributed by atoms with Gasteiger partial charge in [0.15, 0.2) is 0 Å². The quantitative estimate of drug-likeness (QED) is 0.447. The first kappa shape index (κ1) is 12.8. The van der Waals surface area contributed by atoms with Gasteiger partial charge in [-0.3, -0.25) is 0 Å². The normalized spacial score (nSPS) is 29.7. The van der Waals surface area contributed by atoms with Gasteiger partial charge >= 0.3 is 31.1 Å². The van der Waals surface area contributed by atoms with Crippen molar-refractivity contribution in [2.45, 2.75) is 33.2 Å². The second kappa shape index (κ2) is 6.24. The van der Waals surface area contributed by atoms with Gasteiger partial charge in [0.25, 0.3) is 0 Å². The Morgan fingerprint density at radius 2 is 1.83 bits per heavy atom. The molecule has 0 aromatic carbocycles. The summed E-state index contributed by atoms with van der Waals surface area (Å²) >= 11 is 0. The van der Waals surface area contributed by atoms with Crippen molar-refractivity contribution in [2.24, 2.45) is 5.92 Å². The van der Waals surface area contributed by atoms with Crippen LogP contribution in [-0.2, 0) is 0 Å². The second-order valence-electron chi connectivity index (χ2n) is 3.81. The molecule has 0 radical (unpaired) electrons. The van der Waals surface area contributed by atoms with Crippen LogP contribution in [0.4, 0.5) is 0 Å². The Hall–Kier alpha value is 0.752. The SMILES string of the molecule is C1=CC2CC1C[N-]2.C[C-](C)C.[U+2]. The van der Waals surface area contributed by atoms with E-state index in [0.717, 1.165) is 12.5 Å². The van der Waals surface area contributed by atoms with Crippen LogP contribution in [0.5, 0.6) is 0 Å². The van der Waals surface area contributed by atoms with Gasteiger partial charge < -0.3 is 11.2 Å². The third-order valence-electron chi connectivity index (χ3n) is 1.72. The molecule has 66 valence electrons. The molecule has 2 atom stereocenters. The Bertz CT molecular complexity index is 128. The molecule has 0 aromatic rings. The van der Waals surface area contributed by atoms with Crippen LogP contribution in [0.3, 0.4) is 0 Å². The smallest absolute Gasteiger partial charge is 0.656 e. The molecule has 2 unspecified atom stereocenters. The van der Waals surface area contributed by atoms with Gasteiger partial charge in [-0.2, -0.15) is 20.8 Å². The van der Waals surface area contributed by atoms with Crippen LogP contribution in [0, 0.1) is 42.9 Å². The number of fused-ring (bicyclic) bond motifs is 2. The first-order valence-electron chi connectivity index (χ1n) is 4.30. The van der Waals surface area contributed by atoms with Gasteiger partial charge in [0.1, 0.15) is 0 Å². The summed E-state index contributed by atoms with van der Waals surface area (Å²) in [6, 6.07) is 0.616. The van der Waals surface area contributed by atoms with E-state index in [1.54, 1.807) is 0 Å². The van der Waals surface area contributed by atoms with Gasteiger partial charge in [-0.1, -0.05) is 12.5 Å². The molecule has 1 fully saturated rings. The zero-order valence-corrected chi connectivity index (χ0v) is 12.3. The van der Waals surface area contributed by atoms with Crippen molar-refractivity contribution < 1.29 is 31.1 Å². The molecule has 0 spiro atoms. The van der Waals surface area contributed by atoms with E-state index in [2.05, 4.69) is 38.2 Å². The van der Waals surface area contributed by atoms with E-state index in [4.69, 9.17) is 0 Å². The average molecular weight is 389 g/mol. The van der Waals surface area contributed by atoms with E-state index in [1.165, 1.54) is 12.3 Å². The van der Waals surface area contributed by atoms with Crippen molar-refractivity contribution in [3.63, 3.8) is 0 Å². The minimum Gasteiger partial charge on any atom is -0.656 e. The molecule has 1 saturated heterocycles. The van der Waals surface area contributed by atoms with Crippen LogP contribution in [0.1, 0.15) is 27.2 Å². The van der Waals surface area contributed by atoms with Crippen molar-refractivity contribution >= 4 is 0 Å². The Balaban J connectivity index is 0.000000217. The molecular formula is C10H17NU. The van der Waals surface area contributed by atoms with Gasteiger partial charge in [0.2, 0.25) is 0 Å². The molecule has 1 heterocycles. The standard InChI is InChI=1S/C6H8N.C4H9.U/c1-2-6-3-5(1)4-7-6;1-4(2)3;/h1-2,5-6H,3-4H2;1-3H3;/q2*-1;+2. The fourth-order valence-corrected chi connectivity index (χ4v) is 1.29. The Labute approximate surface area is 99.8 Å². The number of hydrogen-bond donors (Lipinski definition) is 0. The summed E-state index contributed by atoms with van der Waals surface area (Å²) in [6.45, 7) is 7.35. The van der Waals surface area contributed by atoms with Crippen molar-refractivity contribution in [2.75, 3.05) is 6.54 Å². The van der Waals surface area contributed by atoms with Crippen molar-refractivity contribution in [1.29, 1.82) is 0 Å². The Morgan fingerprint density at radius 3 is 1.92 bits per heavy atom. The fourth-order valence-electron chi connectivity index (χ4n) is 1.29. The molecule has 0 saturated carbocycles. The molecule has 2 heteroatoms. The van der Waals surface area contributed by atoms with E-state index in [1.807, 2.05) is 0 Å². The summed E-state index contributed by atoms with van der Waals surface area (Å²) < 4.78 is 0. The van der Waals surface area contributed by atoms with Gasteiger partial charge in [-0.25, -0.2) is 0 Å². The van der Waals surface area contributed by atoms with Crippen molar-refractivity contribution in [1.82, 2.24) is 0 Å². The van der Waals surface area contributed by atoms with E-state index in [9.17, 15) is 0 Å². The fraction of sp³-hybridized carbons (Fsp3) is 0.700. The summed E-state index contributed by atoms with van der Waals surface area (Å²) in [7, 11) is 0. The van der Waals surface area contributed by atoms with Gasteiger partial charge in [-0.15, -0.1) is 18.7 Å². The third-order valence-corrected chi connectivity index (χ3v) is 1.72. The molecule has 2 aliphatic rings. The van der Waals surface area contributed by atoms with Crippen LogP contribution < -0.4 is 0 Å². The monoisotopic (exact) mass is 389 g/mol. The predicted octanol–water partition coefficient (Wildman–Crippen LogP) is 2.94. The maximum absolute atomic E-state index is 4.32. The zero-order valence-electron chi connectivity index (χ0n) is 8.17. The average Bonchev–Trinajstić information content (AvgIpc) is 2.45. The molecule has 0 aromatic heterocycles. The van der Waals surface area contributed by atoms with Crippen LogP contribution in [0.15, 0.2) is 12.2 Å². The molecule has 2 bridgehead atoms. The summed E-state index contributed by atoms with van der Waals surface area (Å²) in [5.74, 6) is 2.24. The number of nitrogens with zero attached hydrogens (tertiary/aromatic N) is 1. The van der Waals surface area contributed by atoms with Gasteiger partial charge in [-0.05, 0) is 5.92 Å². The first-order valence-corrected chi connectivity index (χ1v) is 4.30. The van der Waals surface area contributed by atoms with E-state index in [-0.39, 0.29) is 31.1 Å². The van der Waals surface area contributed by atoms with Crippen LogP contribution in [-0.4, -0.2) is 12.6 Å². The molecule has 1 aliphatic heterocycles. The summed E-state index contributed by atoms with van der Waals surface area (Å²) in [4.78, 5) is 0. The minimum atomic E-state index is 0. The number of rotatable bonds is 0.